The molecule has 17 heavy (non-hydrogen) atoms. The quantitative estimate of drug-likeness (QED) is 0.618. The highest BCUT2D eigenvalue weighted by Gasteiger charge is 2.33. The van der Waals surface area contributed by atoms with Gasteiger partial charge in [-0.3, -0.25) is 0 Å². The van der Waals surface area contributed by atoms with E-state index in [0.717, 1.165) is 23.9 Å². The normalized spacial score (nSPS) is 19.5. The molecule has 2 nitrogen and oxygen atoms in total. The molecule has 0 saturated carbocycles. The van der Waals surface area contributed by atoms with Crippen LogP contribution in [0.2, 0.25) is 0 Å². The molecule has 1 unspecified atom stereocenters. The Labute approximate surface area is 103 Å². The van der Waals surface area contributed by atoms with Gasteiger partial charge in [-0.1, -0.05) is 56.4 Å². The fourth-order valence-electron chi connectivity index (χ4n) is 1.83. The van der Waals surface area contributed by atoms with Crippen LogP contribution in [-0.4, -0.2) is 12.1 Å². The maximum atomic E-state index is 9.72. The van der Waals surface area contributed by atoms with E-state index in [0.29, 0.717) is 5.92 Å². The zero-order valence-corrected chi connectivity index (χ0v) is 10.3. The summed E-state index contributed by atoms with van der Waals surface area (Å²) in [6.45, 7) is 4.35. The summed E-state index contributed by atoms with van der Waals surface area (Å²) in [6, 6.07) is 7.70. The van der Waals surface area contributed by atoms with Crippen molar-refractivity contribution in [2.45, 2.75) is 32.8 Å². The van der Waals surface area contributed by atoms with Crippen molar-refractivity contribution in [3.8, 4) is 11.8 Å². The van der Waals surface area contributed by atoms with Crippen molar-refractivity contribution in [3.63, 3.8) is 0 Å². The van der Waals surface area contributed by atoms with Crippen LogP contribution in [0.1, 0.15) is 38.4 Å². The Balaban J connectivity index is 2.10. The van der Waals surface area contributed by atoms with E-state index in [1.807, 2.05) is 24.3 Å². The van der Waals surface area contributed by atoms with Crippen LogP contribution in [0.25, 0.3) is 0 Å². The van der Waals surface area contributed by atoms with Crippen LogP contribution >= 0.6 is 0 Å². The minimum atomic E-state index is -0.825. The zero-order valence-electron chi connectivity index (χ0n) is 10.3. The summed E-state index contributed by atoms with van der Waals surface area (Å²) in [7, 11) is -0.825. The van der Waals surface area contributed by atoms with Crippen molar-refractivity contribution in [3.05, 3.63) is 29.8 Å². The van der Waals surface area contributed by atoms with Crippen LogP contribution in [0.15, 0.2) is 24.3 Å². The number of fused-ring (bicyclic) bond motifs is 1. The van der Waals surface area contributed by atoms with Crippen molar-refractivity contribution >= 4 is 12.6 Å². The van der Waals surface area contributed by atoms with Gasteiger partial charge < -0.3 is 9.68 Å². The largest absolute Gasteiger partial charge is 0.492 e. The minimum Gasteiger partial charge on any atom is -0.423 e. The standard InChI is InChI=1S/C14H17BO2/c1-3-11(2)7-6-10-14-12-8-4-5-9-13(12)15(16)17-14/h4-5,8-9,11,14,16H,3,7H2,1-2H3/t11-,14?/m0/s1. The third-order valence-electron chi connectivity index (χ3n) is 3.19. The average Bonchev–Trinajstić information content (AvgIpc) is 2.67. The lowest BCUT2D eigenvalue weighted by Gasteiger charge is -2.04. The Bertz CT molecular complexity index is 447. The van der Waals surface area contributed by atoms with E-state index in [1.54, 1.807) is 0 Å². The van der Waals surface area contributed by atoms with Gasteiger partial charge in [0.05, 0.1) is 0 Å². The predicted octanol–water partition coefficient (Wildman–Crippen LogP) is 1.89. The fraction of sp³-hybridized carbons (Fsp3) is 0.429. The lowest BCUT2D eigenvalue weighted by molar-refractivity contribution is 0.241. The van der Waals surface area contributed by atoms with Gasteiger partial charge in [-0.25, -0.2) is 0 Å². The summed E-state index contributed by atoms with van der Waals surface area (Å²) >= 11 is 0. The predicted molar refractivity (Wildman–Crippen MR) is 69.7 cm³/mol. The van der Waals surface area contributed by atoms with E-state index >= 15 is 0 Å². The van der Waals surface area contributed by atoms with Crippen LogP contribution in [0.4, 0.5) is 0 Å². The Morgan fingerprint density at radius 3 is 3.00 bits per heavy atom. The molecule has 2 atom stereocenters. The van der Waals surface area contributed by atoms with Crippen molar-refractivity contribution in [2.24, 2.45) is 5.92 Å². The summed E-state index contributed by atoms with van der Waals surface area (Å²) in [5, 5.41) is 9.72. The molecule has 0 fully saturated rings. The monoisotopic (exact) mass is 228 g/mol. The van der Waals surface area contributed by atoms with Crippen LogP contribution in [0.3, 0.4) is 0 Å². The molecular weight excluding hydrogens is 211 g/mol. The van der Waals surface area contributed by atoms with Gasteiger partial charge in [0.25, 0.3) is 0 Å². The molecule has 0 saturated heterocycles. The van der Waals surface area contributed by atoms with Crippen LogP contribution in [0.5, 0.6) is 0 Å². The first-order valence-electron chi connectivity index (χ1n) is 6.13. The SMILES string of the molecule is CC[C@H](C)CC#CC1OB(O)c2ccccc21. The van der Waals surface area contributed by atoms with E-state index < -0.39 is 7.12 Å². The third kappa shape index (κ3) is 2.72. The average molecular weight is 228 g/mol. The minimum absolute atomic E-state index is 0.273. The molecule has 0 spiro atoms. The molecule has 3 heteroatoms. The lowest BCUT2D eigenvalue weighted by Crippen LogP contribution is -2.27. The van der Waals surface area contributed by atoms with Crippen molar-refractivity contribution in [2.75, 3.05) is 0 Å². The Morgan fingerprint density at radius 2 is 2.24 bits per heavy atom. The first-order valence-corrected chi connectivity index (χ1v) is 6.13. The molecule has 88 valence electrons. The van der Waals surface area contributed by atoms with Crippen LogP contribution in [0, 0.1) is 17.8 Å². The van der Waals surface area contributed by atoms with Crippen LogP contribution < -0.4 is 5.46 Å². The molecule has 1 aliphatic rings. The van der Waals surface area contributed by atoms with Gasteiger partial charge in [0.2, 0.25) is 0 Å². The second kappa shape index (κ2) is 5.40. The second-order valence-electron chi connectivity index (χ2n) is 4.54. The van der Waals surface area contributed by atoms with Crippen molar-refractivity contribution in [1.82, 2.24) is 0 Å². The number of rotatable bonds is 2. The Hall–Kier alpha value is -1.24. The first kappa shape index (κ1) is 12.2. The summed E-state index contributed by atoms with van der Waals surface area (Å²) in [5.41, 5.74) is 1.84. The highest BCUT2D eigenvalue weighted by Crippen LogP contribution is 2.22. The first-order chi connectivity index (χ1) is 8.22. The summed E-state index contributed by atoms with van der Waals surface area (Å²) < 4.78 is 5.43. The van der Waals surface area contributed by atoms with Crippen LogP contribution in [-0.2, 0) is 4.65 Å². The zero-order chi connectivity index (χ0) is 12.3. The molecule has 0 aromatic heterocycles. The molecule has 1 heterocycles. The molecule has 0 bridgehead atoms. The summed E-state index contributed by atoms with van der Waals surface area (Å²) in [6.07, 6.45) is 1.75. The molecule has 2 rings (SSSR count). The number of hydrogen-bond acceptors (Lipinski definition) is 2. The molecular formula is C14H17BO2. The smallest absolute Gasteiger partial charge is 0.423 e. The molecule has 1 N–H and O–H groups in total. The lowest BCUT2D eigenvalue weighted by atomic mass is 9.79. The highest BCUT2D eigenvalue weighted by molar-refractivity contribution is 6.61. The second-order valence-corrected chi connectivity index (χ2v) is 4.54. The van der Waals surface area contributed by atoms with E-state index in [9.17, 15) is 5.02 Å². The van der Waals surface area contributed by atoms with Gasteiger partial charge in [0.15, 0.2) is 0 Å². The molecule has 1 aromatic carbocycles. The molecule has 1 aliphatic heterocycles. The van der Waals surface area contributed by atoms with Crippen molar-refractivity contribution in [1.29, 1.82) is 0 Å². The maximum Gasteiger partial charge on any atom is 0.492 e. The van der Waals surface area contributed by atoms with Gasteiger partial charge >= 0.3 is 7.12 Å². The van der Waals surface area contributed by atoms with E-state index in [1.165, 1.54) is 0 Å². The van der Waals surface area contributed by atoms with Gasteiger partial charge in [-0.05, 0) is 16.9 Å². The van der Waals surface area contributed by atoms with Gasteiger partial charge in [-0.2, -0.15) is 0 Å². The van der Waals surface area contributed by atoms with Gasteiger partial charge in [0, 0.05) is 6.42 Å². The summed E-state index contributed by atoms with van der Waals surface area (Å²) in [4.78, 5) is 0. The summed E-state index contributed by atoms with van der Waals surface area (Å²) in [5.74, 6) is 6.87. The fourth-order valence-corrected chi connectivity index (χ4v) is 1.83. The van der Waals surface area contributed by atoms with Crippen molar-refractivity contribution < 1.29 is 9.68 Å². The Kier molecular flexibility index (Phi) is 3.88. The molecule has 0 radical (unpaired) electrons. The Morgan fingerprint density at radius 1 is 1.47 bits per heavy atom. The molecule has 1 aromatic rings. The highest BCUT2D eigenvalue weighted by atomic mass is 16.5. The third-order valence-corrected chi connectivity index (χ3v) is 3.19. The number of hydrogen-bond donors (Lipinski definition) is 1. The van der Waals surface area contributed by atoms with E-state index in [2.05, 4.69) is 25.7 Å². The number of benzene rings is 1. The molecule has 0 amide bonds. The maximum absolute atomic E-state index is 9.72. The van der Waals surface area contributed by atoms with E-state index in [-0.39, 0.29) is 6.10 Å². The molecule has 0 aliphatic carbocycles. The van der Waals surface area contributed by atoms with Gasteiger partial charge in [0.1, 0.15) is 6.10 Å². The topological polar surface area (TPSA) is 29.5 Å². The van der Waals surface area contributed by atoms with Gasteiger partial charge in [-0.15, -0.1) is 0 Å². The van der Waals surface area contributed by atoms with E-state index in [4.69, 9.17) is 4.65 Å².